The summed E-state index contributed by atoms with van der Waals surface area (Å²) in [6.45, 7) is 8.43. The Morgan fingerprint density at radius 2 is 2.12 bits per heavy atom. The Morgan fingerprint density at radius 3 is 2.76 bits per heavy atom. The summed E-state index contributed by atoms with van der Waals surface area (Å²) in [7, 11) is 0. The highest BCUT2D eigenvalue weighted by Gasteiger charge is 2.35. The minimum atomic E-state index is -0.599. The Kier molecular flexibility index (Phi) is 4.71. The molecule has 2 aliphatic heterocycles. The first-order valence-electron chi connectivity index (χ1n) is 9.17. The van der Waals surface area contributed by atoms with Crippen LogP contribution in [-0.2, 0) is 22.4 Å². The van der Waals surface area contributed by atoms with Crippen molar-refractivity contribution in [1.29, 1.82) is 0 Å². The predicted molar refractivity (Wildman–Crippen MR) is 96.8 cm³/mol. The second kappa shape index (κ2) is 6.52. The third-order valence-electron chi connectivity index (χ3n) is 5.06. The number of esters is 1. The number of aliphatic hydroxyl groups is 1. The monoisotopic (exact) mass is 347 g/mol. The summed E-state index contributed by atoms with van der Waals surface area (Å²) in [6.07, 6.45) is 1.98. The van der Waals surface area contributed by atoms with Gasteiger partial charge in [0.1, 0.15) is 17.5 Å². The minimum Gasteiger partial charge on any atom is -0.487 e. The topological polar surface area (TPSA) is 81.8 Å². The van der Waals surface area contributed by atoms with Gasteiger partial charge in [0.25, 0.3) is 0 Å². The number of hydrogen-bond acceptors (Lipinski definition) is 5. The SMILES string of the molecule is CC(C)c1c(N)cc2c(c1CC[C@@H]1C[C@@H](O)CC(=O)O1)OC(C)(C)C2. The van der Waals surface area contributed by atoms with Crippen LogP contribution in [0.2, 0.25) is 0 Å². The number of nitrogen functional groups attached to an aromatic ring is 1. The van der Waals surface area contributed by atoms with E-state index in [4.69, 9.17) is 15.2 Å². The van der Waals surface area contributed by atoms with Crippen molar-refractivity contribution < 1.29 is 19.4 Å². The van der Waals surface area contributed by atoms with Gasteiger partial charge in [-0.05, 0) is 44.2 Å². The molecule has 1 aromatic carbocycles. The highest BCUT2D eigenvalue weighted by molar-refractivity contribution is 5.71. The molecule has 0 spiro atoms. The molecule has 1 aromatic rings. The molecule has 0 radical (unpaired) electrons. The van der Waals surface area contributed by atoms with Crippen molar-refractivity contribution in [2.24, 2.45) is 0 Å². The van der Waals surface area contributed by atoms with E-state index in [2.05, 4.69) is 27.7 Å². The van der Waals surface area contributed by atoms with E-state index in [0.29, 0.717) is 12.8 Å². The summed E-state index contributed by atoms with van der Waals surface area (Å²) in [5.74, 6) is 0.917. The molecule has 0 aromatic heterocycles. The van der Waals surface area contributed by atoms with Gasteiger partial charge >= 0.3 is 5.97 Å². The summed E-state index contributed by atoms with van der Waals surface area (Å²) in [4.78, 5) is 11.6. The fourth-order valence-electron chi connectivity index (χ4n) is 4.12. The zero-order valence-corrected chi connectivity index (χ0v) is 15.6. The molecule has 5 nitrogen and oxygen atoms in total. The second-order valence-corrected chi connectivity index (χ2v) is 8.28. The standard InChI is InChI=1S/C20H29NO4/c1-11(2)18-15(6-5-14-8-13(22)9-17(23)24-14)19-12(7-16(18)21)10-20(3,4)25-19/h7,11,13-14,22H,5-6,8-10,21H2,1-4H3/t13-,14-/m1/s1. The van der Waals surface area contributed by atoms with Crippen LogP contribution in [0.5, 0.6) is 5.75 Å². The van der Waals surface area contributed by atoms with Gasteiger partial charge in [-0.1, -0.05) is 13.8 Å². The molecule has 2 atom stereocenters. The maximum Gasteiger partial charge on any atom is 0.308 e. The van der Waals surface area contributed by atoms with E-state index in [1.165, 1.54) is 0 Å². The van der Waals surface area contributed by atoms with E-state index in [0.717, 1.165) is 41.0 Å². The zero-order chi connectivity index (χ0) is 18.4. The Balaban J connectivity index is 1.88. The van der Waals surface area contributed by atoms with Crippen molar-refractivity contribution >= 4 is 11.7 Å². The number of benzene rings is 1. The van der Waals surface area contributed by atoms with Crippen molar-refractivity contribution in [3.8, 4) is 5.75 Å². The molecule has 5 heteroatoms. The van der Waals surface area contributed by atoms with E-state index in [9.17, 15) is 9.90 Å². The van der Waals surface area contributed by atoms with Gasteiger partial charge in [-0.15, -0.1) is 0 Å². The van der Waals surface area contributed by atoms with Crippen molar-refractivity contribution in [2.45, 2.75) is 83.5 Å². The first-order chi connectivity index (χ1) is 11.7. The summed E-state index contributed by atoms with van der Waals surface area (Å²) in [5.41, 5.74) is 10.3. The normalized spacial score (nSPS) is 24.8. The maximum atomic E-state index is 11.6. The number of carbonyl (C=O) groups excluding carboxylic acids is 1. The number of fused-ring (bicyclic) bond motifs is 1. The van der Waals surface area contributed by atoms with E-state index in [1.54, 1.807) is 0 Å². The van der Waals surface area contributed by atoms with Gasteiger partial charge in [-0.25, -0.2) is 0 Å². The highest BCUT2D eigenvalue weighted by Crippen LogP contribution is 2.44. The molecule has 0 bridgehead atoms. The van der Waals surface area contributed by atoms with Crippen LogP contribution in [0.15, 0.2) is 6.07 Å². The lowest BCUT2D eigenvalue weighted by molar-refractivity contribution is -0.160. The van der Waals surface area contributed by atoms with Crippen LogP contribution in [0.4, 0.5) is 5.69 Å². The van der Waals surface area contributed by atoms with Crippen LogP contribution in [0.25, 0.3) is 0 Å². The maximum absolute atomic E-state index is 11.6. The molecule has 25 heavy (non-hydrogen) atoms. The predicted octanol–water partition coefficient (Wildman–Crippen LogP) is 3.10. The van der Waals surface area contributed by atoms with Crippen LogP contribution in [-0.4, -0.2) is 28.9 Å². The highest BCUT2D eigenvalue weighted by atomic mass is 16.5. The van der Waals surface area contributed by atoms with Crippen LogP contribution in [0.3, 0.4) is 0 Å². The van der Waals surface area contributed by atoms with Gasteiger partial charge in [0.2, 0.25) is 0 Å². The van der Waals surface area contributed by atoms with Gasteiger partial charge in [0.15, 0.2) is 0 Å². The molecule has 0 unspecified atom stereocenters. The van der Waals surface area contributed by atoms with Gasteiger partial charge in [-0.3, -0.25) is 4.79 Å². The Morgan fingerprint density at radius 1 is 1.40 bits per heavy atom. The van der Waals surface area contributed by atoms with E-state index in [1.807, 2.05) is 6.07 Å². The van der Waals surface area contributed by atoms with Crippen LogP contribution in [0, 0.1) is 0 Å². The van der Waals surface area contributed by atoms with Gasteiger partial charge in [0.05, 0.1) is 12.5 Å². The number of ether oxygens (including phenoxy) is 2. The Bertz CT molecular complexity index is 681. The molecular weight excluding hydrogens is 318 g/mol. The van der Waals surface area contributed by atoms with Crippen molar-refractivity contribution in [3.63, 3.8) is 0 Å². The number of aliphatic hydroxyl groups excluding tert-OH is 1. The molecule has 3 N–H and O–H groups in total. The minimum absolute atomic E-state index is 0.0960. The number of anilines is 1. The lowest BCUT2D eigenvalue weighted by atomic mass is 9.88. The lowest BCUT2D eigenvalue weighted by Gasteiger charge is -2.27. The van der Waals surface area contributed by atoms with Gasteiger partial charge in [-0.2, -0.15) is 0 Å². The Hall–Kier alpha value is -1.75. The molecule has 0 amide bonds. The third kappa shape index (κ3) is 3.76. The number of rotatable bonds is 4. The molecule has 1 saturated heterocycles. The quantitative estimate of drug-likeness (QED) is 0.646. The molecule has 0 aliphatic carbocycles. The number of carbonyl (C=O) groups is 1. The lowest BCUT2D eigenvalue weighted by Crippen LogP contribution is -2.32. The number of nitrogens with two attached hydrogens (primary N) is 1. The molecule has 1 fully saturated rings. The first kappa shape index (κ1) is 18.1. The van der Waals surface area contributed by atoms with Crippen LogP contribution in [0.1, 0.15) is 69.6 Å². The fourth-order valence-corrected chi connectivity index (χ4v) is 4.12. The van der Waals surface area contributed by atoms with Crippen molar-refractivity contribution in [1.82, 2.24) is 0 Å². The number of hydrogen-bond donors (Lipinski definition) is 2. The molecule has 2 heterocycles. The number of cyclic esters (lactones) is 1. The van der Waals surface area contributed by atoms with Gasteiger partial charge < -0.3 is 20.3 Å². The van der Waals surface area contributed by atoms with E-state index >= 15 is 0 Å². The molecular formula is C20H29NO4. The summed E-state index contributed by atoms with van der Waals surface area (Å²) < 4.78 is 11.6. The second-order valence-electron chi connectivity index (χ2n) is 8.28. The largest absolute Gasteiger partial charge is 0.487 e. The molecule has 3 rings (SSSR count). The zero-order valence-electron chi connectivity index (χ0n) is 15.6. The summed E-state index contributed by atoms with van der Waals surface area (Å²) in [5, 5.41) is 9.81. The van der Waals surface area contributed by atoms with Crippen molar-refractivity contribution in [2.75, 3.05) is 5.73 Å². The van der Waals surface area contributed by atoms with Crippen LogP contribution >= 0.6 is 0 Å². The molecule has 138 valence electrons. The van der Waals surface area contributed by atoms with Crippen LogP contribution < -0.4 is 10.5 Å². The smallest absolute Gasteiger partial charge is 0.308 e. The first-order valence-corrected chi connectivity index (χ1v) is 9.17. The van der Waals surface area contributed by atoms with Crippen molar-refractivity contribution in [3.05, 3.63) is 22.8 Å². The average Bonchev–Trinajstić information content (AvgIpc) is 2.76. The van der Waals surface area contributed by atoms with E-state index < -0.39 is 6.10 Å². The average molecular weight is 347 g/mol. The van der Waals surface area contributed by atoms with Gasteiger partial charge in [0, 0.05) is 29.7 Å². The fraction of sp³-hybridized carbons (Fsp3) is 0.650. The van der Waals surface area contributed by atoms with E-state index in [-0.39, 0.29) is 30.0 Å². The molecule has 2 aliphatic rings. The summed E-state index contributed by atoms with van der Waals surface area (Å²) >= 11 is 0. The Labute approximate surface area is 149 Å². The third-order valence-corrected chi connectivity index (χ3v) is 5.06. The summed E-state index contributed by atoms with van der Waals surface area (Å²) in [6, 6.07) is 2.05. The molecule has 0 saturated carbocycles.